The predicted octanol–water partition coefficient (Wildman–Crippen LogP) is 2.15. The van der Waals surface area contributed by atoms with Crippen LogP contribution in [0.25, 0.3) is 0 Å². The Morgan fingerprint density at radius 1 is 1.08 bits per heavy atom. The number of hydrogen-bond acceptors (Lipinski definition) is 5. The van der Waals surface area contributed by atoms with Crippen molar-refractivity contribution in [3.63, 3.8) is 0 Å². The first-order valence-electron chi connectivity index (χ1n) is 8.02. The molecule has 0 aliphatic carbocycles. The van der Waals surface area contributed by atoms with Crippen molar-refractivity contribution in [1.29, 1.82) is 0 Å². The fraction of sp³-hybridized carbons (Fsp3) is 0.368. The number of aryl methyl sites for hydroxylation is 2. The second-order valence-corrected chi connectivity index (χ2v) is 5.66. The summed E-state index contributed by atoms with van der Waals surface area (Å²) in [4.78, 5) is 0. The van der Waals surface area contributed by atoms with Crippen LogP contribution < -0.4 is 14.8 Å². The van der Waals surface area contributed by atoms with Crippen LogP contribution in [0.4, 0.5) is 0 Å². The molecule has 1 atom stereocenters. The summed E-state index contributed by atoms with van der Waals surface area (Å²) in [6, 6.07) is 13.0. The van der Waals surface area contributed by atoms with E-state index in [1.54, 1.807) is 32.4 Å². The van der Waals surface area contributed by atoms with Crippen molar-refractivity contribution < 1.29 is 19.7 Å². The number of methoxy groups -OCH3 is 1. The molecule has 0 fully saturated rings. The third-order valence-electron chi connectivity index (χ3n) is 3.76. The molecule has 5 heteroatoms. The predicted molar refractivity (Wildman–Crippen MR) is 93.9 cm³/mol. The summed E-state index contributed by atoms with van der Waals surface area (Å²) in [5, 5.41) is 22.4. The molecule has 0 aliphatic heterocycles. The van der Waals surface area contributed by atoms with Gasteiger partial charge in [0.15, 0.2) is 0 Å². The Morgan fingerprint density at radius 3 is 2.50 bits per heavy atom. The average Bonchev–Trinajstić information content (AvgIpc) is 2.60. The molecular weight excluding hydrogens is 306 g/mol. The molecule has 3 N–H and O–H groups in total. The van der Waals surface area contributed by atoms with Crippen molar-refractivity contribution in [1.82, 2.24) is 5.32 Å². The first-order chi connectivity index (χ1) is 11.6. The van der Waals surface area contributed by atoms with Crippen LogP contribution in [0.5, 0.6) is 17.2 Å². The van der Waals surface area contributed by atoms with E-state index in [1.807, 2.05) is 24.3 Å². The van der Waals surface area contributed by atoms with Crippen LogP contribution in [-0.4, -0.2) is 43.6 Å². The van der Waals surface area contributed by atoms with Crippen molar-refractivity contribution in [3.05, 3.63) is 53.6 Å². The molecule has 0 bridgehead atoms. The summed E-state index contributed by atoms with van der Waals surface area (Å²) in [6.07, 6.45) is 0.986. The molecule has 130 valence electrons. The number of ether oxygens (including phenoxy) is 2. The van der Waals surface area contributed by atoms with Gasteiger partial charge in [-0.3, -0.25) is 0 Å². The van der Waals surface area contributed by atoms with Gasteiger partial charge in [0.2, 0.25) is 0 Å². The highest BCUT2D eigenvalue weighted by Crippen LogP contribution is 2.25. The monoisotopic (exact) mass is 331 g/mol. The number of benzene rings is 2. The van der Waals surface area contributed by atoms with Gasteiger partial charge in [0.25, 0.3) is 0 Å². The molecule has 0 spiro atoms. The number of rotatable bonds is 9. The summed E-state index contributed by atoms with van der Waals surface area (Å²) in [7, 11) is 3.43. The Bertz CT molecular complexity index is 628. The van der Waals surface area contributed by atoms with Crippen molar-refractivity contribution >= 4 is 0 Å². The van der Waals surface area contributed by atoms with Gasteiger partial charge in [0, 0.05) is 6.54 Å². The fourth-order valence-electron chi connectivity index (χ4n) is 2.45. The minimum Gasteiger partial charge on any atom is -0.508 e. The summed E-state index contributed by atoms with van der Waals surface area (Å²) in [5.74, 6) is 1.73. The number of hydrogen-bond donors (Lipinski definition) is 3. The highest BCUT2D eigenvalue weighted by atomic mass is 16.5. The van der Waals surface area contributed by atoms with E-state index in [1.165, 1.54) is 5.56 Å². The lowest BCUT2D eigenvalue weighted by molar-refractivity contribution is 0.107. The standard InChI is InChI=1S/C19H25NO4/c1-20-12-17(22)13-24-19-10-7-16(21)11-15(19)6-3-14-4-8-18(23-2)9-5-14/h4-5,7-11,17,20-22H,3,6,12-13H2,1-2H3/t17-/m0/s1. The molecule has 5 nitrogen and oxygen atoms in total. The van der Waals surface area contributed by atoms with E-state index in [4.69, 9.17) is 9.47 Å². The normalized spacial score (nSPS) is 12.0. The van der Waals surface area contributed by atoms with Gasteiger partial charge >= 0.3 is 0 Å². The molecule has 0 unspecified atom stereocenters. The van der Waals surface area contributed by atoms with Crippen LogP contribution in [0.2, 0.25) is 0 Å². The molecule has 2 aromatic carbocycles. The summed E-state index contributed by atoms with van der Waals surface area (Å²) in [5.41, 5.74) is 2.10. The molecule has 24 heavy (non-hydrogen) atoms. The van der Waals surface area contributed by atoms with Crippen LogP contribution in [-0.2, 0) is 12.8 Å². The third-order valence-corrected chi connectivity index (χ3v) is 3.76. The first kappa shape index (κ1) is 18.1. The number of aliphatic hydroxyl groups is 1. The van der Waals surface area contributed by atoms with Crippen LogP contribution in [0.15, 0.2) is 42.5 Å². The summed E-state index contributed by atoms with van der Waals surface area (Å²) < 4.78 is 10.9. The summed E-state index contributed by atoms with van der Waals surface area (Å²) in [6.45, 7) is 0.681. The quantitative estimate of drug-likeness (QED) is 0.657. The van der Waals surface area contributed by atoms with E-state index < -0.39 is 6.10 Å². The molecule has 0 radical (unpaired) electrons. The van der Waals surface area contributed by atoms with Gasteiger partial charge in [0.05, 0.1) is 7.11 Å². The Kier molecular flexibility index (Phi) is 6.90. The molecule has 0 saturated heterocycles. The van der Waals surface area contributed by atoms with Crippen molar-refractivity contribution in [2.24, 2.45) is 0 Å². The highest BCUT2D eigenvalue weighted by Gasteiger charge is 2.09. The molecule has 2 rings (SSSR count). The maximum Gasteiger partial charge on any atom is 0.122 e. The van der Waals surface area contributed by atoms with E-state index in [2.05, 4.69) is 5.32 Å². The molecule has 0 amide bonds. The topological polar surface area (TPSA) is 71.0 Å². The van der Waals surface area contributed by atoms with Crippen molar-refractivity contribution in [3.8, 4) is 17.2 Å². The second kappa shape index (κ2) is 9.15. The maximum atomic E-state index is 9.76. The van der Waals surface area contributed by atoms with E-state index in [0.29, 0.717) is 12.3 Å². The molecule has 0 saturated carbocycles. The van der Waals surface area contributed by atoms with E-state index in [0.717, 1.165) is 24.2 Å². The smallest absolute Gasteiger partial charge is 0.122 e. The third kappa shape index (κ3) is 5.44. The number of phenols is 1. The van der Waals surface area contributed by atoms with Gasteiger partial charge in [-0.05, 0) is 61.3 Å². The van der Waals surface area contributed by atoms with E-state index in [-0.39, 0.29) is 12.4 Å². The average molecular weight is 331 g/mol. The van der Waals surface area contributed by atoms with Gasteiger partial charge in [-0.25, -0.2) is 0 Å². The van der Waals surface area contributed by atoms with Gasteiger partial charge in [-0.15, -0.1) is 0 Å². The van der Waals surface area contributed by atoms with Gasteiger partial charge < -0.3 is 25.0 Å². The molecule has 2 aromatic rings. The van der Waals surface area contributed by atoms with Crippen molar-refractivity contribution in [2.45, 2.75) is 18.9 Å². The SMILES string of the molecule is CNC[C@H](O)COc1ccc(O)cc1CCc1ccc(OC)cc1. The lowest BCUT2D eigenvalue weighted by atomic mass is 10.0. The molecule has 0 aliphatic rings. The van der Waals surface area contributed by atoms with E-state index >= 15 is 0 Å². The number of nitrogens with one attached hydrogen (secondary N) is 1. The van der Waals surface area contributed by atoms with Crippen LogP contribution in [0, 0.1) is 0 Å². The van der Waals surface area contributed by atoms with Crippen LogP contribution in [0.3, 0.4) is 0 Å². The van der Waals surface area contributed by atoms with E-state index in [9.17, 15) is 10.2 Å². The largest absolute Gasteiger partial charge is 0.508 e. The number of aromatic hydroxyl groups is 1. The Balaban J connectivity index is 2.00. The number of phenolic OH excluding ortho intramolecular Hbond substituents is 1. The molecule has 0 heterocycles. The zero-order chi connectivity index (χ0) is 17.4. The van der Waals surface area contributed by atoms with Gasteiger partial charge in [-0.2, -0.15) is 0 Å². The lowest BCUT2D eigenvalue weighted by Gasteiger charge is -2.15. The Hall–Kier alpha value is -2.24. The van der Waals surface area contributed by atoms with Gasteiger partial charge in [-0.1, -0.05) is 12.1 Å². The Morgan fingerprint density at radius 2 is 1.83 bits per heavy atom. The van der Waals surface area contributed by atoms with Gasteiger partial charge in [0.1, 0.15) is 30.0 Å². The first-order valence-corrected chi connectivity index (χ1v) is 8.02. The fourth-order valence-corrected chi connectivity index (χ4v) is 2.45. The van der Waals surface area contributed by atoms with Crippen molar-refractivity contribution in [2.75, 3.05) is 27.3 Å². The lowest BCUT2D eigenvalue weighted by Crippen LogP contribution is -2.29. The van der Waals surface area contributed by atoms with Crippen LogP contribution in [0.1, 0.15) is 11.1 Å². The molecule has 0 aromatic heterocycles. The number of likely N-dealkylation sites (N-methyl/N-ethyl adjacent to an activating group) is 1. The van der Waals surface area contributed by atoms with Crippen LogP contribution >= 0.6 is 0 Å². The number of aliphatic hydroxyl groups excluding tert-OH is 1. The Labute approximate surface area is 142 Å². The zero-order valence-electron chi connectivity index (χ0n) is 14.2. The molecular formula is C19H25NO4. The summed E-state index contributed by atoms with van der Waals surface area (Å²) >= 11 is 0. The maximum absolute atomic E-state index is 9.76. The minimum absolute atomic E-state index is 0.209. The second-order valence-electron chi connectivity index (χ2n) is 5.66. The minimum atomic E-state index is -0.571. The zero-order valence-corrected chi connectivity index (χ0v) is 14.2. The highest BCUT2D eigenvalue weighted by molar-refractivity contribution is 5.40.